The molecular weight excluding hydrogens is 614 g/mol. The molecule has 4 fully saturated rings. The van der Waals surface area contributed by atoms with Gasteiger partial charge in [-0.1, -0.05) is 33.3 Å². The Morgan fingerprint density at radius 2 is 1.65 bits per heavy atom. The van der Waals surface area contributed by atoms with Gasteiger partial charge in [-0.15, -0.1) is 0 Å². The van der Waals surface area contributed by atoms with Crippen LogP contribution in [0, 0.1) is 57.2 Å². The molecule has 1 aromatic rings. The number of fused-ring (bicyclic) bond motifs is 7. The molecule has 0 bridgehead atoms. The number of allylic oxidation sites excluding steroid dienone is 2. The first kappa shape index (κ1) is 34.8. The second-order valence-electron chi connectivity index (χ2n) is 17.5. The molecule has 6 rings (SSSR count). The minimum Gasteiger partial charge on any atom is -0.481 e. The van der Waals surface area contributed by atoms with E-state index in [1.54, 1.807) is 6.92 Å². The van der Waals surface area contributed by atoms with Crippen molar-refractivity contribution >= 4 is 23.5 Å². The van der Waals surface area contributed by atoms with Gasteiger partial charge in [0.1, 0.15) is 5.78 Å². The van der Waals surface area contributed by atoms with Crippen molar-refractivity contribution < 1.29 is 37.9 Å². The van der Waals surface area contributed by atoms with Crippen molar-refractivity contribution in [2.45, 2.75) is 126 Å². The number of ether oxygens (including phenoxy) is 1. The van der Waals surface area contributed by atoms with Crippen LogP contribution in [0.4, 0.5) is 0 Å². The van der Waals surface area contributed by atoms with Crippen LogP contribution in [0.25, 0.3) is 0 Å². The topological polar surface area (TPSA) is 153 Å². The second-order valence-corrected chi connectivity index (χ2v) is 17.5. The monoisotopic (exact) mass is 667 g/mol. The maximum Gasteiger partial charge on any atom is 0.519 e. The van der Waals surface area contributed by atoms with Crippen molar-refractivity contribution in [3.05, 3.63) is 33.8 Å². The average molecular weight is 668 g/mol. The van der Waals surface area contributed by atoms with Gasteiger partial charge >= 0.3 is 17.8 Å². The molecule has 10 heteroatoms. The normalized spacial score (nSPS) is 43.6. The van der Waals surface area contributed by atoms with Gasteiger partial charge in [-0.25, -0.2) is 4.79 Å². The second kappa shape index (κ2) is 11.3. The average Bonchev–Trinajstić information content (AvgIpc) is 3.33. The third-order valence-corrected chi connectivity index (χ3v) is 15.0. The van der Waals surface area contributed by atoms with E-state index in [1.807, 2.05) is 19.9 Å². The van der Waals surface area contributed by atoms with Crippen LogP contribution in [0.1, 0.15) is 118 Å². The first-order valence-corrected chi connectivity index (χ1v) is 17.7. The van der Waals surface area contributed by atoms with Crippen LogP contribution in [-0.4, -0.2) is 41.2 Å². The van der Waals surface area contributed by atoms with Crippen LogP contribution in [0.5, 0.6) is 0 Å². The van der Waals surface area contributed by atoms with Crippen molar-refractivity contribution in [2.24, 2.45) is 50.2 Å². The SMILES string of the molecule is CC(=O)CN[C@H]1CC[C@@]2(C)[C@@H](CC[C@]3(C)[C@@H]2C(=O)C=C2[C@@H]4C[C@@](C)(C(=O)O)CC[C@]4(C)CC[C@]23C)[C@]1(C)C(=O)OCc1oc(=O)oc1C. The summed E-state index contributed by atoms with van der Waals surface area (Å²) in [6.07, 6.45) is 8.56. The summed E-state index contributed by atoms with van der Waals surface area (Å²) in [5, 5.41) is 13.6. The predicted molar refractivity (Wildman–Crippen MR) is 176 cm³/mol. The highest BCUT2D eigenvalue weighted by molar-refractivity contribution is 5.96. The standard InChI is InChI=1S/C38H53NO9/c1-21(40)19-39-28-10-11-35(5)27(38(28,8)31(44)46-20-26-22(2)47-32(45)48-26)9-12-37(7)29(35)25(41)17-23-24-18-34(4,30(42)43)14-13-33(24,3)15-16-36(23,37)6/h17,24,27-29,39H,9-16,18-20H2,1-8H3,(H,42,43)/t24-,27+,28-,29+,33+,34-,35-,36+,37+,38-/m0/s1. The highest BCUT2D eigenvalue weighted by Gasteiger charge is 2.72. The fourth-order valence-corrected chi connectivity index (χ4v) is 11.7. The quantitative estimate of drug-likeness (QED) is 0.323. The number of carbonyl (C=O) groups excluding carboxylic acids is 3. The molecule has 0 spiro atoms. The number of carbonyl (C=O) groups is 4. The minimum atomic E-state index is -1.08. The Bertz CT molecular complexity index is 1640. The smallest absolute Gasteiger partial charge is 0.481 e. The molecule has 2 N–H and O–H groups in total. The van der Waals surface area contributed by atoms with E-state index in [2.05, 4.69) is 33.0 Å². The van der Waals surface area contributed by atoms with E-state index in [9.17, 15) is 29.1 Å². The maximum atomic E-state index is 14.8. The fourth-order valence-electron chi connectivity index (χ4n) is 11.7. The van der Waals surface area contributed by atoms with Crippen molar-refractivity contribution in [1.29, 1.82) is 0 Å². The Morgan fingerprint density at radius 3 is 2.27 bits per heavy atom. The van der Waals surface area contributed by atoms with Gasteiger partial charge in [0.05, 0.1) is 17.4 Å². The molecule has 264 valence electrons. The Kier molecular flexibility index (Phi) is 8.17. The summed E-state index contributed by atoms with van der Waals surface area (Å²) in [5.74, 6) is -2.17. The van der Waals surface area contributed by atoms with Gasteiger partial charge in [0.25, 0.3) is 0 Å². The number of hydrogen-bond acceptors (Lipinski definition) is 9. The lowest BCUT2D eigenvalue weighted by Gasteiger charge is -2.70. The number of nitrogens with one attached hydrogen (secondary N) is 1. The van der Waals surface area contributed by atoms with Gasteiger partial charge in [0.15, 0.2) is 23.9 Å². The number of hydrogen-bond donors (Lipinski definition) is 2. The lowest BCUT2D eigenvalue weighted by atomic mass is 9.33. The molecule has 1 heterocycles. The Balaban J connectivity index is 1.39. The Morgan fingerprint density at radius 1 is 0.958 bits per heavy atom. The Labute approximate surface area is 282 Å². The van der Waals surface area contributed by atoms with Crippen LogP contribution in [0.2, 0.25) is 0 Å². The zero-order chi connectivity index (χ0) is 35.2. The summed E-state index contributed by atoms with van der Waals surface area (Å²) < 4.78 is 16.0. The molecule has 10 atom stereocenters. The first-order valence-electron chi connectivity index (χ1n) is 17.7. The zero-order valence-electron chi connectivity index (χ0n) is 29.9. The van der Waals surface area contributed by atoms with Crippen LogP contribution in [0.3, 0.4) is 0 Å². The molecule has 10 nitrogen and oxygen atoms in total. The summed E-state index contributed by atoms with van der Waals surface area (Å²) in [4.78, 5) is 65.3. The predicted octanol–water partition coefficient (Wildman–Crippen LogP) is 6.18. The Hall–Kier alpha value is -3.01. The summed E-state index contributed by atoms with van der Waals surface area (Å²) in [5.41, 5.74) is -2.02. The lowest BCUT2D eigenvalue weighted by molar-refractivity contribution is -0.205. The molecule has 0 aromatic carbocycles. The lowest BCUT2D eigenvalue weighted by Crippen LogP contribution is -2.69. The molecule has 0 saturated heterocycles. The van der Waals surface area contributed by atoms with E-state index in [-0.39, 0.29) is 76.3 Å². The molecule has 0 radical (unpaired) electrons. The third-order valence-electron chi connectivity index (χ3n) is 15.0. The van der Waals surface area contributed by atoms with E-state index < -0.39 is 34.0 Å². The highest BCUT2D eigenvalue weighted by Crippen LogP contribution is 2.75. The summed E-state index contributed by atoms with van der Waals surface area (Å²) >= 11 is 0. The van der Waals surface area contributed by atoms with Crippen LogP contribution in [0.15, 0.2) is 25.3 Å². The van der Waals surface area contributed by atoms with Gasteiger partial charge in [-0.05, 0) is 125 Å². The zero-order valence-corrected chi connectivity index (χ0v) is 29.9. The number of rotatable bonds is 7. The van der Waals surface area contributed by atoms with Crippen LogP contribution >= 0.6 is 0 Å². The first-order chi connectivity index (χ1) is 22.2. The van der Waals surface area contributed by atoms with Gasteiger partial charge < -0.3 is 24.0 Å². The fraction of sp³-hybridized carbons (Fsp3) is 0.763. The molecular formula is C38H53NO9. The summed E-state index contributed by atoms with van der Waals surface area (Å²) in [6.45, 7) is 15.8. The molecule has 48 heavy (non-hydrogen) atoms. The molecule has 0 aliphatic heterocycles. The number of esters is 1. The van der Waals surface area contributed by atoms with Crippen molar-refractivity contribution in [3.63, 3.8) is 0 Å². The molecule has 4 saturated carbocycles. The van der Waals surface area contributed by atoms with Gasteiger partial charge in [-0.3, -0.25) is 19.2 Å². The van der Waals surface area contributed by atoms with E-state index in [0.717, 1.165) is 31.3 Å². The third kappa shape index (κ3) is 4.85. The van der Waals surface area contributed by atoms with Gasteiger partial charge in [0.2, 0.25) is 0 Å². The van der Waals surface area contributed by atoms with Crippen molar-refractivity contribution in [2.75, 3.05) is 6.54 Å². The number of aryl methyl sites for hydroxylation is 1. The minimum absolute atomic E-state index is 0.0246. The molecule has 1 aromatic heterocycles. The number of carboxylic acids is 1. The van der Waals surface area contributed by atoms with E-state index in [0.29, 0.717) is 32.1 Å². The van der Waals surface area contributed by atoms with Gasteiger partial charge in [-0.2, -0.15) is 0 Å². The van der Waals surface area contributed by atoms with Crippen molar-refractivity contribution in [1.82, 2.24) is 5.32 Å². The number of carboxylic acid groups (broad SMARTS) is 1. The van der Waals surface area contributed by atoms with E-state index in [4.69, 9.17) is 13.6 Å². The number of ketones is 2. The van der Waals surface area contributed by atoms with E-state index in [1.165, 1.54) is 6.92 Å². The molecule has 5 aliphatic rings. The number of Topliss-reactive ketones (excluding diaryl/α,β-unsaturated/α-hetero) is 1. The summed E-state index contributed by atoms with van der Waals surface area (Å²) in [7, 11) is 0. The largest absolute Gasteiger partial charge is 0.519 e. The van der Waals surface area contributed by atoms with Crippen LogP contribution in [-0.2, 0) is 30.5 Å². The highest BCUT2D eigenvalue weighted by atomic mass is 16.6. The molecule has 0 amide bonds. The van der Waals surface area contributed by atoms with Gasteiger partial charge in [0, 0.05) is 12.0 Å². The molecule has 5 aliphatic carbocycles. The molecule has 0 unspecified atom stereocenters. The van der Waals surface area contributed by atoms with E-state index >= 15 is 0 Å². The maximum absolute atomic E-state index is 14.8. The summed E-state index contributed by atoms with van der Waals surface area (Å²) in [6, 6.07) is -0.361. The number of aliphatic carboxylic acids is 1. The van der Waals surface area contributed by atoms with Crippen molar-refractivity contribution in [3.8, 4) is 0 Å². The van der Waals surface area contributed by atoms with Crippen LogP contribution < -0.4 is 11.1 Å².